The number of pyridine rings is 2. The third-order valence-electron chi connectivity index (χ3n) is 5.05. The summed E-state index contributed by atoms with van der Waals surface area (Å²) in [4.78, 5) is 30.3. The molecule has 3 aromatic heterocycles. The van der Waals surface area contributed by atoms with Gasteiger partial charge in [-0.2, -0.15) is 5.10 Å². The second-order valence-electron chi connectivity index (χ2n) is 7.13. The second-order valence-corrected chi connectivity index (χ2v) is 7.57. The van der Waals surface area contributed by atoms with E-state index in [2.05, 4.69) is 20.1 Å². The predicted octanol–water partition coefficient (Wildman–Crippen LogP) is 4.81. The highest BCUT2D eigenvalue weighted by atomic mass is 35.5. The van der Waals surface area contributed by atoms with Crippen LogP contribution < -0.4 is 10.2 Å². The monoisotopic (exact) mass is 449 g/mol. The lowest BCUT2D eigenvalue weighted by Gasteiger charge is -2.18. The van der Waals surface area contributed by atoms with Crippen molar-refractivity contribution in [2.24, 2.45) is 0 Å². The fourth-order valence-corrected chi connectivity index (χ4v) is 3.48. The highest BCUT2D eigenvalue weighted by Gasteiger charge is 2.18. The van der Waals surface area contributed by atoms with Crippen molar-refractivity contribution in [2.75, 3.05) is 24.4 Å². The number of rotatable bonds is 4. The van der Waals surface area contributed by atoms with Crippen molar-refractivity contribution in [3.63, 3.8) is 0 Å². The summed E-state index contributed by atoms with van der Waals surface area (Å²) in [5, 5.41) is 7.57. The molecule has 0 saturated heterocycles. The Kier molecular flexibility index (Phi) is 5.79. The molecule has 4 rings (SSSR count). The molecule has 3 heterocycles. The van der Waals surface area contributed by atoms with Gasteiger partial charge in [0.1, 0.15) is 5.82 Å². The zero-order valence-electron chi connectivity index (χ0n) is 17.7. The number of methoxy groups -OCH3 is 1. The molecule has 0 fully saturated rings. The summed E-state index contributed by atoms with van der Waals surface area (Å²) in [5.41, 5.74) is 4.47. The van der Waals surface area contributed by atoms with Crippen molar-refractivity contribution in [1.82, 2.24) is 14.6 Å². The van der Waals surface area contributed by atoms with E-state index >= 15 is 0 Å². The number of amides is 2. The number of hydrogen-bond donors (Lipinski definition) is 1. The van der Waals surface area contributed by atoms with Crippen LogP contribution in [0.25, 0.3) is 16.6 Å². The first-order chi connectivity index (χ1) is 15.4. The van der Waals surface area contributed by atoms with Crippen molar-refractivity contribution < 1.29 is 14.3 Å². The molecule has 0 aliphatic carbocycles. The molecule has 32 heavy (non-hydrogen) atoms. The van der Waals surface area contributed by atoms with Gasteiger partial charge in [-0.3, -0.25) is 10.1 Å². The van der Waals surface area contributed by atoms with Gasteiger partial charge in [-0.15, -0.1) is 0 Å². The fraction of sp³-hybridized carbons (Fsp3) is 0.130. The zero-order chi connectivity index (χ0) is 22.8. The molecule has 1 N–H and O–H groups in total. The molecule has 1 aromatic carbocycles. The minimum Gasteiger partial charge on any atom is -0.453 e. The van der Waals surface area contributed by atoms with Gasteiger partial charge < -0.3 is 9.64 Å². The average molecular weight is 450 g/mol. The number of ether oxygens (including phenoxy) is 1. The molecule has 0 saturated carbocycles. The summed E-state index contributed by atoms with van der Waals surface area (Å²) in [6, 6.07) is 14.2. The molecule has 8 nitrogen and oxygen atoms in total. The molecule has 2 amide bonds. The van der Waals surface area contributed by atoms with Gasteiger partial charge in [-0.1, -0.05) is 11.6 Å². The Hall–Kier alpha value is -3.91. The SMILES string of the molecule is COC(=O)Nc1ccc(-c2cnn3c(C)cc(C(=O)N(C)c4ccc(Cl)cc4)cc23)cn1. The van der Waals surface area contributed by atoms with E-state index in [0.717, 1.165) is 28.0 Å². The van der Waals surface area contributed by atoms with Crippen molar-refractivity contribution in [3.8, 4) is 11.1 Å². The van der Waals surface area contributed by atoms with Crippen LogP contribution in [-0.4, -0.2) is 40.8 Å². The van der Waals surface area contributed by atoms with Crippen LogP contribution in [0.1, 0.15) is 16.1 Å². The van der Waals surface area contributed by atoms with Crippen LogP contribution in [0.5, 0.6) is 0 Å². The zero-order valence-corrected chi connectivity index (χ0v) is 18.4. The number of nitrogens with one attached hydrogen (secondary N) is 1. The summed E-state index contributed by atoms with van der Waals surface area (Å²) < 4.78 is 6.35. The van der Waals surface area contributed by atoms with Crippen LogP contribution in [0, 0.1) is 6.92 Å². The van der Waals surface area contributed by atoms with Gasteiger partial charge in [0.05, 0.1) is 18.8 Å². The number of benzene rings is 1. The molecule has 9 heteroatoms. The first kappa shape index (κ1) is 21.3. The molecule has 0 aliphatic rings. The van der Waals surface area contributed by atoms with E-state index < -0.39 is 6.09 Å². The lowest BCUT2D eigenvalue weighted by Crippen LogP contribution is -2.26. The molecule has 0 atom stereocenters. The number of hydrogen-bond acceptors (Lipinski definition) is 5. The van der Waals surface area contributed by atoms with Gasteiger partial charge in [0.25, 0.3) is 5.91 Å². The van der Waals surface area contributed by atoms with E-state index in [1.165, 1.54) is 7.11 Å². The summed E-state index contributed by atoms with van der Waals surface area (Å²) in [7, 11) is 3.01. The van der Waals surface area contributed by atoms with Crippen molar-refractivity contribution >= 4 is 40.6 Å². The van der Waals surface area contributed by atoms with E-state index in [4.69, 9.17) is 11.6 Å². The Morgan fingerprint density at radius 3 is 2.50 bits per heavy atom. The molecule has 4 aromatic rings. The average Bonchev–Trinajstić information content (AvgIpc) is 3.23. The summed E-state index contributed by atoms with van der Waals surface area (Å²) >= 11 is 5.96. The van der Waals surface area contributed by atoms with Crippen LogP contribution in [0.2, 0.25) is 5.02 Å². The van der Waals surface area contributed by atoms with E-state index in [1.807, 2.05) is 19.1 Å². The Morgan fingerprint density at radius 1 is 1.09 bits per heavy atom. The number of fused-ring (bicyclic) bond motifs is 1. The van der Waals surface area contributed by atoms with Crippen LogP contribution >= 0.6 is 11.6 Å². The van der Waals surface area contributed by atoms with Crippen molar-refractivity contribution in [1.29, 1.82) is 0 Å². The summed E-state index contributed by atoms with van der Waals surface area (Å²) in [6.07, 6.45) is 2.76. The quantitative estimate of drug-likeness (QED) is 0.482. The Morgan fingerprint density at radius 2 is 1.84 bits per heavy atom. The topological polar surface area (TPSA) is 88.8 Å². The van der Waals surface area contributed by atoms with E-state index in [9.17, 15) is 9.59 Å². The van der Waals surface area contributed by atoms with Gasteiger partial charge in [-0.25, -0.2) is 14.3 Å². The molecule has 0 spiro atoms. The first-order valence-electron chi connectivity index (χ1n) is 9.71. The number of aryl methyl sites for hydroxylation is 1. The van der Waals surface area contributed by atoms with Crippen LogP contribution in [0.4, 0.5) is 16.3 Å². The minimum absolute atomic E-state index is 0.152. The van der Waals surface area contributed by atoms with E-state index in [1.54, 1.807) is 65.3 Å². The molecule has 0 aliphatic heterocycles. The van der Waals surface area contributed by atoms with Crippen LogP contribution in [0.3, 0.4) is 0 Å². The largest absolute Gasteiger partial charge is 0.453 e. The van der Waals surface area contributed by atoms with Gasteiger partial charge in [-0.05, 0) is 55.5 Å². The summed E-state index contributed by atoms with van der Waals surface area (Å²) in [5.74, 6) is 0.217. The van der Waals surface area contributed by atoms with Gasteiger partial charge in [0.2, 0.25) is 0 Å². The third-order valence-corrected chi connectivity index (χ3v) is 5.30. The maximum Gasteiger partial charge on any atom is 0.412 e. The maximum atomic E-state index is 13.2. The van der Waals surface area contributed by atoms with Crippen molar-refractivity contribution in [3.05, 3.63) is 77.2 Å². The number of carbonyl (C=O) groups is 2. The summed E-state index contributed by atoms with van der Waals surface area (Å²) in [6.45, 7) is 1.89. The Labute approximate surface area is 189 Å². The maximum absolute atomic E-state index is 13.2. The molecular weight excluding hydrogens is 430 g/mol. The van der Waals surface area contributed by atoms with Crippen LogP contribution in [-0.2, 0) is 4.74 Å². The van der Waals surface area contributed by atoms with E-state index in [0.29, 0.717) is 16.4 Å². The van der Waals surface area contributed by atoms with Crippen LogP contribution in [0.15, 0.2) is 60.9 Å². The highest BCUT2D eigenvalue weighted by Crippen LogP contribution is 2.27. The Balaban J connectivity index is 1.69. The molecule has 0 unspecified atom stereocenters. The number of anilines is 2. The first-order valence-corrected chi connectivity index (χ1v) is 10.1. The highest BCUT2D eigenvalue weighted by molar-refractivity contribution is 6.30. The lowest BCUT2D eigenvalue weighted by molar-refractivity contribution is 0.0993. The van der Waals surface area contributed by atoms with Gasteiger partial charge in [0.15, 0.2) is 0 Å². The molecule has 162 valence electrons. The number of carbonyl (C=O) groups excluding carboxylic acids is 2. The third kappa shape index (κ3) is 4.13. The van der Waals surface area contributed by atoms with E-state index in [-0.39, 0.29) is 5.91 Å². The normalized spacial score (nSPS) is 10.8. The standard InChI is InChI=1S/C23H20ClN5O3/c1-14-10-16(22(30)28(2)18-7-5-17(24)6-8-18)11-20-19(13-26-29(14)20)15-4-9-21(25-12-15)27-23(31)32-3/h4-13H,1-3H3,(H,25,27,31). The number of halogens is 1. The fourth-order valence-electron chi connectivity index (χ4n) is 3.36. The van der Waals surface area contributed by atoms with Gasteiger partial charge in [0, 0.05) is 46.3 Å². The number of nitrogens with zero attached hydrogens (tertiary/aromatic N) is 4. The molecule has 0 bridgehead atoms. The Bertz CT molecular complexity index is 1300. The predicted molar refractivity (Wildman–Crippen MR) is 123 cm³/mol. The van der Waals surface area contributed by atoms with Crippen molar-refractivity contribution in [2.45, 2.75) is 6.92 Å². The lowest BCUT2D eigenvalue weighted by atomic mass is 10.1. The smallest absolute Gasteiger partial charge is 0.412 e. The second kappa shape index (κ2) is 8.68. The minimum atomic E-state index is -0.593. The number of aromatic nitrogens is 3. The van der Waals surface area contributed by atoms with Gasteiger partial charge >= 0.3 is 6.09 Å². The molecular formula is C23H20ClN5O3. The molecule has 0 radical (unpaired) electrons.